The van der Waals surface area contributed by atoms with Crippen molar-refractivity contribution in [1.29, 1.82) is 0 Å². The second-order valence-corrected chi connectivity index (χ2v) is 4.56. The molecule has 0 amide bonds. The molecule has 2 rings (SSSR count). The zero-order valence-electron chi connectivity index (χ0n) is 10.8. The normalized spacial score (nSPS) is 10.5. The van der Waals surface area contributed by atoms with E-state index in [4.69, 9.17) is 19.6 Å². The molecule has 1 aromatic carbocycles. The van der Waals surface area contributed by atoms with Gasteiger partial charge in [-0.2, -0.15) is 0 Å². The van der Waals surface area contributed by atoms with E-state index < -0.39 is 0 Å². The average molecular weight is 281 g/mol. The molecule has 0 aliphatic rings. The maximum Gasteiger partial charge on any atom is 0.276 e. The summed E-state index contributed by atoms with van der Waals surface area (Å²) in [7, 11) is 3.26. The standard InChI is InChI=1S/C12H15N3O3S/c1-16-9-3-4-10(17-2)8(5-9)7-19-12-15-14-11(6-13)18-12/h3-5H,6-7,13H2,1-2H3. The summed E-state index contributed by atoms with van der Waals surface area (Å²) in [6.07, 6.45) is 0. The Hall–Kier alpha value is -1.73. The van der Waals surface area contributed by atoms with Gasteiger partial charge in [-0.05, 0) is 18.2 Å². The van der Waals surface area contributed by atoms with E-state index in [0.29, 0.717) is 16.9 Å². The van der Waals surface area contributed by atoms with Gasteiger partial charge in [0.15, 0.2) is 0 Å². The first-order valence-corrected chi connectivity index (χ1v) is 6.61. The Morgan fingerprint density at radius 1 is 1.26 bits per heavy atom. The summed E-state index contributed by atoms with van der Waals surface area (Å²) in [4.78, 5) is 0. The van der Waals surface area contributed by atoms with Crippen LogP contribution in [0, 0.1) is 0 Å². The van der Waals surface area contributed by atoms with Crippen LogP contribution in [0.2, 0.25) is 0 Å². The number of benzene rings is 1. The van der Waals surface area contributed by atoms with Gasteiger partial charge in [0.1, 0.15) is 11.5 Å². The van der Waals surface area contributed by atoms with Crippen LogP contribution in [0.15, 0.2) is 27.8 Å². The van der Waals surface area contributed by atoms with Gasteiger partial charge in [0.25, 0.3) is 5.22 Å². The number of rotatable bonds is 6. The van der Waals surface area contributed by atoms with Crippen LogP contribution < -0.4 is 15.2 Å². The van der Waals surface area contributed by atoms with Crippen molar-refractivity contribution in [2.24, 2.45) is 5.73 Å². The molecule has 102 valence electrons. The van der Waals surface area contributed by atoms with Gasteiger partial charge in [-0.3, -0.25) is 0 Å². The summed E-state index contributed by atoms with van der Waals surface area (Å²) < 4.78 is 15.8. The quantitative estimate of drug-likeness (QED) is 0.809. The third kappa shape index (κ3) is 3.39. The summed E-state index contributed by atoms with van der Waals surface area (Å²) >= 11 is 1.43. The smallest absolute Gasteiger partial charge is 0.276 e. The maximum absolute atomic E-state index is 5.41. The summed E-state index contributed by atoms with van der Waals surface area (Å²) in [6, 6.07) is 5.64. The molecule has 6 nitrogen and oxygen atoms in total. The number of nitrogens with two attached hydrogens (primary N) is 1. The Labute approximate surface area is 115 Å². The van der Waals surface area contributed by atoms with Gasteiger partial charge in [0.05, 0.1) is 20.8 Å². The van der Waals surface area contributed by atoms with Crippen LogP contribution in [0.1, 0.15) is 11.5 Å². The fourth-order valence-electron chi connectivity index (χ4n) is 1.51. The van der Waals surface area contributed by atoms with Crippen LogP contribution in [-0.4, -0.2) is 24.4 Å². The fraction of sp³-hybridized carbons (Fsp3) is 0.333. The molecule has 0 saturated carbocycles. The van der Waals surface area contributed by atoms with Gasteiger partial charge in [-0.25, -0.2) is 0 Å². The van der Waals surface area contributed by atoms with Gasteiger partial charge in [0.2, 0.25) is 5.89 Å². The Kier molecular flexibility index (Phi) is 4.64. The second-order valence-electron chi connectivity index (χ2n) is 3.63. The molecule has 0 fully saturated rings. The fourth-order valence-corrected chi connectivity index (χ4v) is 2.27. The van der Waals surface area contributed by atoms with Crippen molar-refractivity contribution in [3.63, 3.8) is 0 Å². The molecule has 0 aliphatic carbocycles. The molecule has 0 bridgehead atoms. The maximum atomic E-state index is 5.41. The molecule has 0 atom stereocenters. The Bertz CT molecular complexity index is 545. The lowest BCUT2D eigenvalue weighted by molar-refractivity contribution is 0.400. The van der Waals surface area contributed by atoms with Crippen LogP contribution in [-0.2, 0) is 12.3 Å². The lowest BCUT2D eigenvalue weighted by atomic mass is 10.2. The SMILES string of the molecule is COc1ccc(OC)c(CSc2nnc(CN)o2)c1. The topological polar surface area (TPSA) is 83.4 Å². The molecular formula is C12H15N3O3S. The zero-order chi connectivity index (χ0) is 13.7. The Balaban J connectivity index is 2.09. The highest BCUT2D eigenvalue weighted by Gasteiger charge is 2.09. The van der Waals surface area contributed by atoms with E-state index in [9.17, 15) is 0 Å². The predicted octanol–water partition coefficient (Wildman–Crippen LogP) is 1.84. The highest BCUT2D eigenvalue weighted by molar-refractivity contribution is 7.98. The molecule has 0 unspecified atom stereocenters. The molecule has 1 heterocycles. The van der Waals surface area contributed by atoms with Crippen molar-refractivity contribution in [1.82, 2.24) is 10.2 Å². The second kappa shape index (κ2) is 6.44. The first-order chi connectivity index (χ1) is 9.26. The zero-order valence-corrected chi connectivity index (χ0v) is 11.6. The van der Waals surface area contributed by atoms with Crippen LogP contribution in [0.25, 0.3) is 0 Å². The van der Waals surface area contributed by atoms with Crippen molar-refractivity contribution in [3.05, 3.63) is 29.7 Å². The molecule has 19 heavy (non-hydrogen) atoms. The van der Waals surface area contributed by atoms with E-state index in [2.05, 4.69) is 10.2 Å². The average Bonchev–Trinajstić information content (AvgIpc) is 2.92. The first kappa shape index (κ1) is 13.7. The summed E-state index contributed by atoms with van der Waals surface area (Å²) in [5.74, 6) is 2.66. The van der Waals surface area contributed by atoms with Crippen LogP contribution in [0.5, 0.6) is 11.5 Å². The molecule has 0 radical (unpaired) electrons. The number of hydrogen-bond donors (Lipinski definition) is 1. The minimum Gasteiger partial charge on any atom is -0.497 e. The number of aromatic nitrogens is 2. The Morgan fingerprint density at radius 3 is 2.74 bits per heavy atom. The van der Waals surface area contributed by atoms with E-state index in [1.807, 2.05) is 18.2 Å². The van der Waals surface area contributed by atoms with E-state index in [1.165, 1.54) is 11.8 Å². The highest BCUT2D eigenvalue weighted by Crippen LogP contribution is 2.30. The highest BCUT2D eigenvalue weighted by atomic mass is 32.2. The van der Waals surface area contributed by atoms with Gasteiger partial charge in [0, 0.05) is 11.3 Å². The number of methoxy groups -OCH3 is 2. The lowest BCUT2D eigenvalue weighted by Gasteiger charge is -2.09. The molecule has 2 aromatic rings. The summed E-state index contributed by atoms with van der Waals surface area (Å²) in [6.45, 7) is 0.246. The third-order valence-corrected chi connectivity index (χ3v) is 3.33. The van der Waals surface area contributed by atoms with Gasteiger partial charge in [-0.1, -0.05) is 11.8 Å². The Morgan fingerprint density at radius 2 is 2.11 bits per heavy atom. The minimum atomic E-state index is 0.246. The van der Waals surface area contributed by atoms with Gasteiger partial charge in [-0.15, -0.1) is 10.2 Å². The monoisotopic (exact) mass is 281 g/mol. The first-order valence-electron chi connectivity index (χ1n) is 5.63. The van der Waals surface area contributed by atoms with E-state index >= 15 is 0 Å². The van der Waals surface area contributed by atoms with Crippen molar-refractivity contribution < 1.29 is 13.9 Å². The van der Waals surface area contributed by atoms with Crippen molar-refractivity contribution in [2.45, 2.75) is 17.5 Å². The summed E-state index contributed by atoms with van der Waals surface area (Å²) in [5.41, 5.74) is 6.41. The number of hydrogen-bond acceptors (Lipinski definition) is 7. The third-order valence-electron chi connectivity index (χ3n) is 2.46. The van der Waals surface area contributed by atoms with E-state index in [-0.39, 0.29) is 6.54 Å². The molecular weight excluding hydrogens is 266 g/mol. The molecule has 0 spiro atoms. The summed E-state index contributed by atoms with van der Waals surface area (Å²) in [5, 5.41) is 8.19. The van der Waals surface area contributed by atoms with E-state index in [1.54, 1.807) is 14.2 Å². The lowest BCUT2D eigenvalue weighted by Crippen LogP contribution is -1.95. The predicted molar refractivity (Wildman–Crippen MR) is 71.3 cm³/mol. The van der Waals surface area contributed by atoms with Crippen molar-refractivity contribution in [3.8, 4) is 11.5 Å². The van der Waals surface area contributed by atoms with E-state index in [0.717, 1.165) is 17.1 Å². The number of thioether (sulfide) groups is 1. The van der Waals surface area contributed by atoms with Crippen molar-refractivity contribution in [2.75, 3.05) is 14.2 Å². The molecule has 0 saturated heterocycles. The van der Waals surface area contributed by atoms with Crippen LogP contribution in [0.3, 0.4) is 0 Å². The van der Waals surface area contributed by atoms with Crippen LogP contribution >= 0.6 is 11.8 Å². The molecule has 0 aliphatic heterocycles. The number of nitrogens with zero attached hydrogens (tertiary/aromatic N) is 2. The van der Waals surface area contributed by atoms with Gasteiger partial charge >= 0.3 is 0 Å². The molecule has 2 N–H and O–H groups in total. The largest absolute Gasteiger partial charge is 0.497 e. The van der Waals surface area contributed by atoms with Crippen molar-refractivity contribution >= 4 is 11.8 Å². The van der Waals surface area contributed by atoms with Crippen LogP contribution in [0.4, 0.5) is 0 Å². The van der Waals surface area contributed by atoms with Gasteiger partial charge < -0.3 is 19.6 Å². The minimum absolute atomic E-state index is 0.246. The molecule has 7 heteroatoms. The number of ether oxygens (including phenoxy) is 2. The molecule has 1 aromatic heterocycles.